The molecule has 10 heteroatoms. The molecule has 0 radical (unpaired) electrons. The number of nitrogens with zero attached hydrogens (tertiary/aromatic N) is 3. The summed E-state index contributed by atoms with van der Waals surface area (Å²) in [7, 11) is 0. The largest absolute Gasteiger partial charge is 0.367 e. The summed E-state index contributed by atoms with van der Waals surface area (Å²) in [6.07, 6.45) is 2.06. The number of alkyl halides is 2. The minimum absolute atomic E-state index is 0.0724. The minimum atomic E-state index is -3.07. The molecule has 0 bridgehead atoms. The number of rotatable bonds is 5. The van der Waals surface area contributed by atoms with Gasteiger partial charge in [-0.05, 0) is 43.5 Å². The van der Waals surface area contributed by atoms with E-state index in [1.807, 2.05) is 4.90 Å². The monoisotopic (exact) mass is 494 g/mol. The van der Waals surface area contributed by atoms with Crippen molar-refractivity contribution < 1.29 is 27.2 Å². The van der Waals surface area contributed by atoms with Gasteiger partial charge in [0.05, 0.1) is 29.9 Å². The van der Waals surface area contributed by atoms with Crippen LogP contribution in [0.4, 0.5) is 23.2 Å². The average Bonchev–Trinajstić information content (AvgIpc) is 2.79. The smallest absolute Gasteiger partial charge is 0.280 e. The van der Waals surface area contributed by atoms with Crippen molar-refractivity contribution in [3.63, 3.8) is 0 Å². The Morgan fingerprint density at radius 1 is 1.14 bits per heavy atom. The lowest BCUT2D eigenvalue weighted by Gasteiger charge is -2.47. The number of amides is 2. The van der Waals surface area contributed by atoms with E-state index in [-0.39, 0.29) is 43.2 Å². The van der Waals surface area contributed by atoms with Gasteiger partial charge in [0.1, 0.15) is 11.6 Å². The first-order valence-electron chi connectivity index (χ1n) is 11.8. The molecular weight excluding hydrogens is 464 g/mol. The van der Waals surface area contributed by atoms with E-state index in [0.717, 1.165) is 0 Å². The fourth-order valence-corrected chi connectivity index (χ4v) is 5.35. The first-order valence-corrected chi connectivity index (χ1v) is 11.8. The van der Waals surface area contributed by atoms with Gasteiger partial charge in [-0.25, -0.2) is 17.6 Å². The number of carbonyl (C=O) groups excluding carboxylic acids is 2. The van der Waals surface area contributed by atoms with Crippen LogP contribution in [0.3, 0.4) is 0 Å². The lowest BCUT2D eigenvalue weighted by molar-refractivity contribution is -0.134. The molecule has 2 atom stereocenters. The molecule has 35 heavy (non-hydrogen) atoms. The fraction of sp³-hybridized carbons (Fsp3) is 0.520. The maximum Gasteiger partial charge on any atom is 0.280 e. The van der Waals surface area contributed by atoms with Gasteiger partial charge >= 0.3 is 0 Å². The molecule has 1 unspecified atom stereocenters. The lowest BCUT2D eigenvalue weighted by atomic mass is 9.90. The van der Waals surface area contributed by atoms with Gasteiger partial charge in [-0.1, -0.05) is 12.6 Å². The molecule has 6 nitrogen and oxygen atoms in total. The van der Waals surface area contributed by atoms with Crippen LogP contribution in [-0.4, -0.2) is 72.8 Å². The van der Waals surface area contributed by atoms with Crippen molar-refractivity contribution in [1.82, 2.24) is 15.1 Å². The van der Waals surface area contributed by atoms with Crippen LogP contribution in [0.5, 0.6) is 0 Å². The van der Waals surface area contributed by atoms with E-state index in [4.69, 9.17) is 0 Å². The average molecular weight is 495 g/mol. The van der Waals surface area contributed by atoms with Crippen molar-refractivity contribution in [2.45, 2.75) is 44.1 Å². The third kappa shape index (κ3) is 5.22. The number of nitrogens with one attached hydrogen (secondary N) is 1. The number of hydrogen-bond acceptors (Lipinski definition) is 5. The Labute approximate surface area is 202 Å². The number of carbonyl (C=O) groups is 2. The zero-order chi connectivity index (χ0) is 25.3. The first kappa shape index (κ1) is 25.2. The van der Waals surface area contributed by atoms with Gasteiger partial charge in [0, 0.05) is 39.1 Å². The molecule has 3 aliphatic rings. The van der Waals surface area contributed by atoms with Crippen LogP contribution in [0.25, 0.3) is 0 Å². The van der Waals surface area contributed by atoms with E-state index in [0.29, 0.717) is 37.4 Å². The van der Waals surface area contributed by atoms with Gasteiger partial charge in [-0.15, -0.1) is 0 Å². The van der Waals surface area contributed by atoms with Gasteiger partial charge in [-0.2, -0.15) is 0 Å². The van der Waals surface area contributed by atoms with E-state index in [9.17, 15) is 18.4 Å². The standard InChI is InChI=1S/C25H30F4N4O2/c1-3-20(16(2)26)31-10-12-32(13-11-31)22-8-9-33(15-25(22,28)29)21-6-4-17(14-19(21)27)18-5-7-23(34)30-24(18)35/h3-4,6,14,18,22H,1,5,7-13,15H2,2H3,(H,30,34,35)/b20-16-/t18?,22-/m1/s1. The first-order chi connectivity index (χ1) is 16.6. The third-order valence-corrected chi connectivity index (χ3v) is 7.16. The quantitative estimate of drug-likeness (QED) is 0.386. The number of benzene rings is 1. The highest BCUT2D eigenvalue weighted by molar-refractivity contribution is 6.00. The molecule has 0 aliphatic carbocycles. The second kappa shape index (κ2) is 10.0. The summed E-state index contributed by atoms with van der Waals surface area (Å²) in [6.45, 7) is 6.23. The van der Waals surface area contributed by atoms with E-state index >= 15 is 8.78 Å². The van der Waals surface area contributed by atoms with Crippen LogP contribution in [0.1, 0.15) is 37.7 Å². The molecule has 0 spiro atoms. The molecule has 0 saturated carbocycles. The lowest BCUT2D eigenvalue weighted by Crippen LogP contribution is -2.62. The van der Waals surface area contributed by atoms with Crippen LogP contribution in [0, 0.1) is 5.82 Å². The Morgan fingerprint density at radius 2 is 1.86 bits per heavy atom. The number of halogens is 4. The van der Waals surface area contributed by atoms with Gasteiger partial charge < -0.3 is 9.80 Å². The summed E-state index contributed by atoms with van der Waals surface area (Å²) < 4.78 is 59.1. The van der Waals surface area contributed by atoms with Crippen molar-refractivity contribution in [3.8, 4) is 0 Å². The Hall–Kier alpha value is -2.88. The SMILES string of the molecule is C=C/C(=C(\C)F)N1CCN([C@@H]2CCN(c3ccc(C4CCC(=O)NC4=O)cc3F)CC2(F)F)CC1. The van der Waals surface area contributed by atoms with Crippen molar-refractivity contribution in [3.05, 3.63) is 53.8 Å². The minimum Gasteiger partial charge on any atom is -0.367 e. The fourth-order valence-electron chi connectivity index (χ4n) is 5.35. The highest BCUT2D eigenvalue weighted by Gasteiger charge is 2.48. The van der Waals surface area contributed by atoms with Crippen molar-refractivity contribution in [2.75, 3.05) is 44.2 Å². The molecule has 1 N–H and O–H groups in total. The molecule has 1 aromatic carbocycles. The van der Waals surface area contributed by atoms with E-state index in [2.05, 4.69) is 11.9 Å². The number of allylic oxidation sites excluding steroid dienone is 2. The predicted molar refractivity (Wildman–Crippen MR) is 124 cm³/mol. The maximum absolute atomic E-state index is 15.2. The highest BCUT2D eigenvalue weighted by atomic mass is 19.3. The molecule has 2 amide bonds. The summed E-state index contributed by atoms with van der Waals surface area (Å²) in [4.78, 5) is 28.3. The van der Waals surface area contributed by atoms with Crippen LogP contribution in [-0.2, 0) is 9.59 Å². The highest BCUT2D eigenvalue weighted by Crippen LogP contribution is 2.36. The Kier molecular flexibility index (Phi) is 7.21. The second-order valence-corrected chi connectivity index (χ2v) is 9.35. The number of anilines is 1. The van der Waals surface area contributed by atoms with E-state index in [1.165, 1.54) is 30.0 Å². The van der Waals surface area contributed by atoms with Crippen LogP contribution < -0.4 is 10.2 Å². The Bertz CT molecular complexity index is 1030. The zero-order valence-corrected chi connectivity index (χ0v) is 19.7. The van der Waals surface area contributed by atoms with E-state index in [1.54, 1.807) is 11.0 Å². The number of imide groups is 1. The Balaban J connectivity index is 1.41. The molecular formula is C25H30F4N4O2. The maximum atomic E-state index is 15.2. The molecule has 3 saturated heterocycles. The van der Waals surface area contributed by atoms with Crippen LogP contribution in [0.2, 0.25) is 0 Å². The molecule has 0 aromatic heterocycles. The predicted octanol–water partition coefficient (Wildman–Crippen LogP) is 3.56. The normalized spacial score (nSPS) is 26.3. The summed E-state index contributed by atoms with van der Waals surface area (Å²) in [5.74, 6) is -5.55. The molecule has 3 fully saturated rings. The number of piperidine rings is 2. The van der Waals surface area contributed by atoms with Gasteiger partial charge in [0.15, 0.2) is 0 Å². The van der Waals surface area contributed by atoms with E-state index < -0.39 is 36.2 Å². The van der Waals surface area contributed by atoms with Crippen molar-refractivity contribution in [2.24, 2.45) is 0 Å². The topological polar surface area (TPSA) is 55.9 Å². The number of piperazine rings is 1. The third-order valence-electron chi connectivity index (χ3n) is 7.16. The van der Waals surface area contributed by atoms with Crippen molar-refractivity contribution >= 4 is 17.5 Å². The molecule has 3 heterocycles. The summed E-state index contributed by atoms with van der Waals surface area (Å²) >= 11 is 0. The van der Waals surface area contributed by atoms with Gasteiger partial charge in [0.2, 0.25) is 11.8 Å². The summed E-state index contributed by atoms with van der Waals surface area (Å²) in [6, 6.07) is 3.23. The Morgan fingerprint density at radius 3 is 2.43 bits per heavy atom. The van der Waals surface area contributed by atoms with Gasteiger partial charge in [0.25, 0.3) is 5.92 Å². The zero-order valence-electron chi connectivity index (χ0n) is 19.7. The molecule has 190 valence electrons. The summed E-state index contributed by atoms with van der Waals surface area (Å²) in [5, 5.41) is 2.25. The summed E-state index contributed by atoms with van der Waals surface area (Å²) in [5.41, 5.74) is 0.887. The molecule has 4 rings (SSSR count). The molecule has 3 aliphatic heterocycles. The van der Waals surface area contributed by atoms with Crippen LogP contribution in [0.15, 0.2) is 42.4 Å². The second-order valence-electron chi connectivity index (χ2n) is 9.35. The van der Waals surface area contributed by atoms with Crippen LogP contribution >= 0.6 is 0 Å². The van der Waals surface area contributed by atoms with Crippen molar-refractivity contribution in [1.29, 1.82) is 0 Å². The van der Waals surface area contributed by atoms with Gasteiger partial charge in [-0.3, -0.25) is 19.8 Å². The number of hydrogen-bond donors (Lipinski definition) is 1. The molecule has 1 aromatic rings.